The summed E-state index contributed by atoms with van der Waals surface area (Å²) in [6, 6.07) is 146. The molecule has 2 aromatic heterocycles. The minimum absolute atomic E-state index is 0.564. The van der Waals surface area contributed by atoms with Gasteiger partial charge in [-0.3, -0.25) is 0 Å². The Morgan fingerprint density at radius 3 is 0.822 bits per heavy atom. The first-order valence-corrected chi connectivity index (χ1v) is 40.8. The Kier molecular flexibility index (Phi) is 19.7. The summed E-state index contributed by atoms with van der Waals surface area (Å²) in [5, 5.41) is 32.0. The van der Waals surface area contributed by atoms with E-state index in [0.717, 1.165) is 138 Å². The van der Waals surface area contributed by atoms with Crippen LogP contribution >= 0.6 is 7.14 Å². The fourth-order valence-electron chi connectivity index (χ4n) is 15.9. The average molecular weight is 1530 g/mol. The highest BCUT2D eigenvalue weighted by Crippen LogP contribution is 2.45. The number of rotatable bonds is 15. The van der Waals surface area contributed by atoms with Crippen molar-refractivity contribution >= 4 is 66.1 Å². The zero-order chi connectivity index (χ0) is 79.3. The van der Waals surface area contributed by atoms with Gasteiger partial charge in [-0.15, -0.1) is 0 Å². The van der Waals surface area contributed by atoms with Gasteiger partial charge in [0.2, 0.25) is 0 Å². The first-order valence-electron chi connectivity index (χ1n) is 39.1. The molecular formula is C108H69N8OP. The Morgan fingerprint density at radius 2 is 0.449 bits per heavy atom. The third-order valence-electron chi connectivity index (χ3n) is 21.8. The van der Waals surface area contributed by atoms with Crippen molar-refractivity contribution in [2.45, 2.75) is 0 Å². The van der Waals surface area contributed by atoms with E-state index in [1.807, 2.05) is 231 Å². The van der Waals surface area contributed by atoms with E-state index in [-0.39, 0.29) is 0 Å². The maximum atomic E-state index is 15.0. The molecule has 0 atom stereocenters. The van der Waals surface area contributed by atoms with E-state index in [2.05, 4.69) is 200 Å². The van der Waals surface area contributed by atoms with E-state index in [9.17, 15) is 10.5 Å². The second kappa shape index (κ2) is 32.0. The first kappa shape index (κ1) is 72.5. The van der Waals surface area contributed by atoms with Gasteiger partial charge >= 0.3 is 0 Å². The summed E-state index contributed by atoms with van der Waals surface area (Å²) in [6.07, 6.45) is 0. The number of hydrogen-bond donors (Lipinski definition) is 0. The summed E-state index contributed by atoms with van der Waals surface area (Å²) in [4.78, 5) is 29.4. The fourth-order valence-corrected chi connectivity index (χ4v) is 18.5. The lowest BCUT2D eigenvalue weighted by atomic mass is 9.89. The fraction of sp³-hybridized carbons (Fsp3) is 0. The Hall–Kier alpha value is -15.8. The number of fused-ring (bicyclic) bond motifs is 5. The topological polar surface area (TPSA) is 142 Å². The Balaban J connectivity index is 0.000000158. The number of nitrogens with zero attached hydrogens (tertiary/aromatic N) is 8. The number of hydrogen-bond acceptors (Lipinski definition) is 9. The monoisotopic (exact) mass is 1520 g/mol. The molecule has 118 heavy (non-hydrogen) atoms. The van der Waals surface area contributed by atoms with Crippen LogP contribution in [0.2, 0.25) is 0 Å². The minimum Gasteiger partial charge on any atom is -0.309 e. The lowest BCUT2D eigenvalue weighted by molar-refractivity contribution is 0.592. The van der Waals surface area contributed by atoms with Crippen LogP contribution in [0, 0.1) is 22.7 Å². The molecular weight excluding hydrogens is 1460 g/mol. The minimum atomic E-state index is -3.13. The molecule has 0 spiro atoms. The maximum absolute atomic E-state index is 15.0. The van der Waals surface area contributed by atoms with E-state index < -0.39 is 7.14 Å². The normalized spacial score (nSPS) is 11.2. The largest absolute Gasteiger partial charge is 0.309 e. The van der Waals surface area contributed by atoms with E-state index in [1.54, 1.807) is 0 Å². The molecule has 0 N–H and O–H groups in total. The van der Waals surface area contributed by atoms with Gasteiger partial charge in [0.1, 0.15) is 0 Å². The summed E-state index contributed by atoms with van der Waals surface area (Å²) in [6.45, 7) is 0. The molecule has 20 aromatic rings. The van der Waals surface area contributed by atoms with Gasteiger partial charge in [-0.25, -0.2) is 29.9 Å². The Labute approximate surface area is 683 Å². The summed E-state index contributed by atoms with van der Waals surface area (Å²) in [5.41, 5.74) is 19.1. The molecule has 9 nitrogen and oxygen atoms in total. The molecule has 20 rings (SSSR count). The van der Waals surface area contributed by atoms with E-state index >= 15 is 4.57 Å². The molecule has 0 unspecified atom stereocenters. The molecule has 0 fully saturated rings. The quantitative estimate of drug-likeness (QED) is 0.0724. The molecule has 0 aliphatic rings. The molecule has 0 aliphatic carbocycles. The zero-order valence-electron chi connectivity index (χ0n) is 63.8. The molecule has 0 bridgehead atoms. The van der Waals surface area contributed by atoms with Crippen molar-refractivity contribution in [3.63, 3.8) is 0 Å². The molecule has 0 amide bonds. The van der Waals surface area contributed by atoms with Crippen LogP contribution in [-0.4, -0.2) is 29.9 Å². The average Bonchev–Trinajstić information content (AvgIpc) is 0.768. The lowest BCUT2D eigenvalue weighted by Crippen LogP contribution is -2.24. The standard InChI is InChI=1S/C56H37N4OP.C52H32N4/c57-38-39-35-45(40-29-31-49(32-30-40)62(61,47-19-9-3-10-20-47)48-21-11-4-12-22-48)37-46(36-39)51-34-33-50(52-23-13-14-24-53(51)52)41-25-27-44(28-26-41)56-59-54(42-15-5-1-6-16-42)58-55(60-56)43-17-7-2-8-18-43;53-33-34-29-42(40-25-26-46-41(31-40)24-21-35-11-7-8-16-44(35)46)32-43(30-34)47-28-27-45(48-17-9-10-18-49(47)48)36-19-22-39(23-20-36)52-55-50(37-12-3-1-4-13-37)54-51(56-52)38-14-5-2-6-15-38/h1-37H;1-32H. The van der Waals surface area contributed by atoms with Gasteiger partial charge in [-0.2, -0.15) is 10.5 Å². The van der Waals surface area contributed by atoms with Crippen molar-refractivity contribution in [2.24, 2.45) is 0 Å². The number of nitriles is 2. The highest BCUT2D eigenvalue weighted by Gasteiger charge is 2.30. The number of benzene rings is 18. The van der Waals surface area contributed by atoms with E-state index in [4.69, 9.17) is 29.9 Å². The van der Waals surface area contributed by atoms with Crippen molar-refractivity contribution in [3.05, 3.63) is 430 Å². The van der Waals surface area contributed by atoms with Gasteiger partial charge in [0.15, 0.2) is 42.1 Å². The van der Waals surface area contributed by atoms with Crippen molar-refractivity contribution in [3.8, 4) is 147 Å². The second-order valence-electron chi connectivity index (χ2n) is 29.0. The Bertz CT molecular complexity index is 7150. The van der Waals surface area contributed by atoms with Crippen LogP contribution in [0.4, 0.5) is 0 Å². The van der Waals surface area contributed by atoms with Crippen molar-refractivity contribution < 1.29 is 4.57 Å². The molecule has 0 radical (unpaired) electrons. The van der Waals surface area contributed by atoms with Gasteiger partial charge in [-0.05, 0) is 152 Å². The Morgan fingerprint density at radius 1 is 0.186 bits per heavy atom. The molecule has 0 saturated heterocycles. The molecule has 2 heterocycles. The van der Waals surface area contributed by atoms with Crippen LogP contribution < -0.4 is 15.9 Å². The van der Waals surface area contributed by atoms with Gasteiger partial charge in [0.05, 0.1) is 23.3 Å². The molecule has 0 aliphatic heterocycles. The zero-order valence-corrected chi connectivity index (χ0v) is 64.7. The van der Waals surface area contributed by atoms with Crippen LogP contribution in [0.25, 0.3) is 178 Å². The van der Waals surface area contributed by atoms with Crippen molar-refractivity contribution in [1.82, 2.24) is 29.9 Å². The third-order valence-corrected chi connectivity index (χ3v) is 24.9. The second-order valence-corrected chi connectivity index (χ2v) is 31.8. The highest BCUT2D eigenvalue weighted by atomic mass is 31.2. The molecule has 552 valence electrons. The summed E-state index contributed by atoms with van der Waals surface area (Å²) >= 11 is 0. The molecule has 18 aromatic carbocycles. The first-order chi connectivity index (χ1) is 58.2. The predicted octanol–water partition coefficient (Wildman–Crippen LogP) is 25.7. The van der Waals surface area contributed by atoms with Gasteiger partial charge < -0.3 is 4.57 Å². The van der Waals surface area contributed by atoms with Crippen LogP contribution in [0.5, 0.6) is 0 Å². The maximum Gasteiger partial charge on any atom is 0.171 e. The number of aromatic nitrogens is 6. The molecule has 10 heteroatoms. The smallest absolute Gasteiger partial charge is 0.171 e. The van der Waals surface area contributed by atoms with E-state index in [0.29, 0.717) is 46.1 Å². The summed E-state index contributed by atoms with van der Waals surface area (Å²) < 4.78 is 15.0. The van der Waals surface area contributed by atoms with E-state index in [1.165, 1.54) is 21.5 Å². The summed E-state index contributed by atoms with van der Waals surface area (Å²) in [7, 11) is -3.13. The van der Waals surface area contributed by atoms with Crippen molar-refractivity contribution in [1.29, 1.82) is 10.5 Å². The summed E-state index contributed by atoms with van der Waals surface area (Å²) in [5.74, 6) is 3.75. The van der Waals surface area contributed by atoms with Crippen molar-refractivity contribution in [2.75, 3.05) is 0 Å². The van der Waals surface area contributed by atoms with Gasteiger partial charge in [-0.1, -0.05) is 376 Å². The van der Waals surface area contributed by atoms with Crippen LogP contribution in [0.3, 0.4) is 0 Å². The highest BCUT2D eigenvalue weighted by molar-refractivity contribution is 7.85. The van der Waals surface area contributed by atoms with Crippen LogP contribution in [0.1, 0.15) is 11.1 Å². The van der Waals surface area contributed by atoms with Gasteiger partial charge in [0.25, 0.3) is 0 Å². The van der Waals surface area contributed by atoms with Gasteiger partial charge in [0, 0.05) is 49.3 Å². The molecule has 0 saturated carbocycles. The third kappa shape index (κ3) is 14.5. The lowest BCUT2D eigenvalue weighted by Gasteiger charge is -2.20. The SMILES string of the molecule is N#Cc1cc(-c2ccc(P(=O)(c3ccccc3)c3ccccc3)cc2)cc(-c2ccc(-c3ccc(-c4nc(-c5ccccc5)nc(-c5ccccc5)n4)cc3)c3ccccc23)c1.N#Cc1cc(-c2ccc3c(ccc4ccccc43)c2)cc(-c2ccc(-c3ccc(-c4nc(-c5ccccc5)nc(-c5ccccc5)n4)cc3)c3ccccc23)c1. The van der Waals surface area contributed by atoms with Crippen LogP contribution in [0.15, 0.2) is 419 Å². The van der Waals surface area contributed by atoms with Crippen LogP contribution in [-0.2, 0) is 4.57 Å². The predicted molar refractivity (Wildman–Crippen MR) is 484 cm³/mol.